The molecule has 4 heterocycles. The molecule has 0 radical (unpaired) electrons. The molecule has 212 valence electrons. The number of thioether (sulfide) groups is 1. The molecule has 1 saturated heterocycles. The fourth-order valence-corrected chi connectivity index (χ4v) is 6.98. The first-order valence-corrected chi connectivity index (χ1v) is 14.2. The number of hydrogen-bond donors (Lipinski definition) is 2. The topological polar surface area (TPSA) is 69.1 Å². The number of halogens is 3. The van der Waals surface area contributed by atoms with Crippen molar-refractivity contribution in [2.24, 2.45) is 5.92 Å². The lowest BCUT2D eigenvalue weighted by atomic mass is 9.95. The minimum atomic E-state index is -4.54. The zero-order valence-electron chi connectivity index (χ0n) is 21.3. The number of carbonyl (C=O) groups is 1. The minimum absolute atomic E-state index is 0.162. The van der Waals surface area contributed by atoms with Gasteiger partial charge in [-0.3, -0.25) is 9.48 Å². The van der Waals surface area contributed by atoms with Crippen molar-refractivity contribution in [2.45, 2.75) is 62.3 Å². The largest absolute Gasteiger partial charge is 0.435 e. The molecule has 1 amide bonds. The Labute approximate surface area is 239 Å². The van der Waals surface area contributed by atoms with Gasteiger partial charge in [-0.2, -0.15) is 18.3 Å². The quantitative estimate of drug-likeness (QED) is 0.374. The number of thiol groups is 2. The molecule has 3 aliphatic heterocycles. The van der Waals surface area contributed by atoms with Crippen LogP contribution in [0.3, 0.4) is 0 Å². The van der Waals surface area contributed by atoms with Gasteiger partial charge in [-0.15, -0.1) is 24.4 Å². The molecular formula is C25H29F3N4O4S3. The maximum Gasteiger partial charge on any atom is 0.435 e. The number of piperidine rings is 1. The Balaban J connectivity index is 1.15. The normalized spacial score (nSPS) is 22.5. The van der Waals surface area contributed by atoms with Gasteiger partial charge in [-0.1, -0.05) is 0 Å². The third-order valence-corrected chi connectivity index (χ3v) is 9.40. The van der Waals surface area contributed by atoms with Crippen LogP contribution < -0.4 is 4.18 Å². The van der Waals surface area contributed by atoms with Gasteiger partial charge in [-0.05, 0) is 49.3 Å². The number of nitrogens with zero attached hydrogens (tertiary/aromatic N) is 4. The molecule has 1 aromatic carbocycles. The second-order valence-electron chi connectivity index (χ2n) is 9.81. The lowest BCUT2D eigenvalue weighted by Gasteiger charge is -2.38. The minimum Gasteiger partial charge on any atom is -0.429 e. The highest BCUT2D eigenvalue weighted by Crippen LogP contribution is 2.42. The molecule has 0 N–H and O–H groups in total. The molecule has 39 heavy (non-hydrogen) atoms. The summed E-state index contributed by atoms with van der Waals surface area (Å²) < 4.78 is 57.5. The van der Waals surface area contributed by atoms with Crippen molar-refractivity contribution in [3.63, 3.8) is 0 Å². The predicted molar refractivity (Wildman–Crippen MR) is 145 cm³/mol. The van der Waals surface area contributed by atoms with E-state index in [4.69, 9.17) is 13.7 Å². The SMILES string of the molecule is Cc1cc(C(F)(F)F)nn1CC(=O)N1CCC(C2SC=C(C3OCc4c(S)ccc(OS)c4CO3)N2C)CC1. The Bertz CT molecular complexity index is 1260. The lowest BCUT2D eigenvalue weighted by Crippen LogP contribution is -2.45. The predicted octanol–water partition coefficient (Wildman–Crippen LogP) is 4.88. The van der Waals surface area contributed by atoms with Crippen molar-refractivity contribution in [1.29, 1.82) is 0 Å². The number of likely N-dealkylation sites (N-methyl/N-ethyl adjacent to an activating group) is 1. The van der Waals surface area contributed by atoms with Gasteiger partial charge in [0.05, 0.1) is 24.3 Å². The van der Waals surface area contributed by atoms with E-state index < -0.39 is 18.2 Å². The van der Waals surface area contributed by atoms with E-state index in [1.807, 2.05) is 13.1 Å². The highest BCUT2D eigenvalue weighted by Gasteiger charge is 2.39. The van der Waals surface area contributed by atoms with E-state index in [2.05, 4.69) is 40.9 Å². The number of ether oxygens (including phenoxy) is 2. The molecule has 0 saturated carbocycles. The van der Waals surface area contributed by atoms with Crippen LogP contribution in [0.1, 0.15) is 35.4 Å². The van der Waals surface area contributed by atoms with Crippen LogP contribution in [0.15, 0.2) is 34.2 Å². The van der Waals surface area contributed by atoms with Crippen molar-refractivity contribution >= 4 is 43.2 Å². The van der Waals surface area contributed by atoms with Crippen LogP contribution in [0.5, 0.6) is 5.75 Å². The Hall–Kier alpha value is -2.00. The van der Waals surface area contributed by atoms with Gasteiger partial charge in [0.2, 0.25) is 5.91 Å². The van der Waals surface area contributed by atoms with E-state index in [1.54, 1.807) is 22.7 Å². The summed E-state index contributed by atoms with van der Waals surface area (Å²) in [6.07, 6.45) is -3.53. The first kappa shape index (κ1) is 28.5. The van der Waals surface area contributed by atoms with Gasteiger partial charge in [0.15, 0.2) is 12.0 Å². The molecule has 0 spiro atoms. The van der Waals surface area contributed by atoms with Gasteiger partial charge in [0.1, 0.15) is 12.3 Å². The number of hydrogen-bond acceptors (Lipinski definition) is 9. The first-order valence-electron chi connectivity index (χ1n) is 12.4. The fourth-order valence-electron chi connectivity index (χ4n) is 5.18. The number of carbonyl (C=O) groups excluding carboxylic acids is 1. The average molecular weight is 603 g/mol. The summed E-state index contributed by atoms with van der Waals surface area (Å²) in [4.78, 5) is 17.5. The summed E-state index contributed by atoms with van der Waals surface area (Å²) in [5, 5.41) is 5.81. The molecular weight excluding hydrogens is 573 g/mol. The van der Waals surface area contributed by atoms with E-state index in [9.17, 15) is 18.0 Å². The van der Waals surface area contributed by atoms with Gasteiger partial charge in [0.25, 0.3) is 0 Å². The summed E-state index contributed by atoms with van der Waals surface area (Å²) in [6.45, 7) is 3.02. The van der Waals surface area contributed by atoms with E-state index in [0.29, 0.717) is 43.7 Å². The third-order valence-electron chi connectivity index (χ3n) is 7.43. The van der Waals surface area contributed by atoms with E-state index >= 15 is 0 Å². The molecule has 2 aromatic rings. The van der Waals surface area contributed by atoms with Gasteiger partial charge < -0.3 is 23.5 Å². The molecule has 2 unspecified atom stereocenters. The zero-order valence-corrected chi connectivity index (χ0v) is 24.0. The molecule has 5 rings (SSSR count). The standard InChI is InChI=1S/C25H29F3N4O4S3/c1-14-9-21(25(26,27)28)29-32(14)10-22(33)31-7-5-15(6-8-31)23-30(2)18(13-39-23)24-34-11-16-17(12-35-24)20(37)4-3-19(16)36-38/h3-4,9,13,15,23-24,37-38H,5-8,10-12H2,1-2H3. The van der Waals surface area contributed by atoms with Crippen LogP contribution in [0.2, 0.25) is 0 Å². The second kappa shape index (κ2) is 11.5. The molecule has 0 aliphatic carbocycles. The van der Waals surface area contributed by atoms with Crippen LogP contribution in [0.4, 0.5) is 13.2 Å². The Morgan fingerprint density at radius 3 is 2.54 bits per heavy atom. The number of aromatic nitrogens is 2. The van der Waals surface area contributed by atoms with Crippen molar-refractivity contribution in [2.75, 3.05) is 20.1 Å². The molecule has 14 heteroatoms. The van der Waals surface area contributed by atoms with Crippen LogP contribution >= 0.6 is 37.3 Å². The lowest BCUT2D eigenvalue weighted by molar-refractivity contribution is -0.142. The second-order valence-corrected chi connectivity index (χ2v) is 11.5. The van der Waals surface area contributed by atoms with Gasteiger partial charge in [-0.25, -0.2) is 0 Å². The highest BCUT2D eigenvalue weighted by atomic mass is 32.2. The number of alkyl halides is 3. The number of aryl methyl sites for hydroxylation is 1. The van der Waals surface area contributed by atoms with Gasteiger partial charge in [0, 0.05) is 54.8 Å². The number of rotatable bonds is 5. The van der Waals surface area contributed by atoms with Crippen LogP contribution in [-0.2, 0) is 40.2 Å². The van der Waals surface area contributed by atoms with Crippen LogP contribution in [0.25, 0.3) is 0 Å². The number of amides is 1. The fraction of sp³-hybridized carbons (Fsp3) is 0.520. The van der Waals surface area contributed by atoms with E-state index in [1.165, 1.54) is 6.92 Å². The molecule has 1 aromatic heterocycles. The van der Waals surface area contributed by atoms with E-state index in [0.717, 1.165) is 45.3 Å². The molecule has 1 fully saturated rings. The summed E-state index contributed by atoms with van der Waals surface area (Å²) in [5.74, 6) is 0.700. The summed E-state index contributed by atoms with van der Waals surface area (Å²) in [7, 11) is 2.02. The third kappa shape index (κ3) is 5.90. The average Bonchev–Trinajstić information content (AvgIpc) is 3.38. The highest BCUT2D eigenvalue weighted by molar-refractivity contribution is 8.02. The van der Waals surface area contributed by atoms with Crippen molar-refractivity contribution in [3.05, 3.63) is 51.8 Å². The maximum atomic E-state index is 13.0. The van der Waals surface area contributed by atoms with Crippen molar-refractivity contribution < 1.29 is 31.6 Å². The first-order chi connectivity index (χ1) is 18.6. The molecule has 2 atom stereocenters. The molecule has 0 bridgehead atoms. The molecule has 3 aliphatic rings. The van der Waals surface area contributed by atoms with E-state index in [-0.39, 0.29) is 17.8 Å². The smallest absolute Gasteiger partial charge is 0.429 e. The summed E-state index contributed by atoms with van der Waals surface area (Å²) in [6, 6.07) is 4.61. The van der Waals surface area contributed by atoms with Crippen LogP contribution in [-0.4, -0.2) is 57.3 Å². The summed E-state index contributed by atoms with van der Waals surface area (Å²) >= 11 is 10.2. The Kier molecular flexibility index (Phi) is 8.39. The Morgan fingerprint density at radius 2 is 1.90 bits per heavy atom. The zero-order chi connectivity index (χ0) is 27.9. The van der Waals surface area contributed by atoms with Crippen LogP contribution in [0, 0.1) is 12.8 Å². The summed E-state index contributed by atoms with van der Waals surface area (Å²) in [5.41, 5.74) is 2.03. The Morgan fingerprint density at radius 1 is 1.21 bits per heavy atom. The van der Waals surface area contributed by atoms with Gasteiger partial charge >= 0.3 is 6.18 Å². The number of benzene rings is 1. The number of fused-ring (bicyclic) bond motifs is 1. The molecule has 8 nitrogen and oxygen atoms in total. The number of likely N-dealkylation sites (tertiary alicyclic amines) is 1. The van der Waals surface area contributed by atoms with Crippen molar-refractivity contribution in [1.82, 2.24) is 19.6 Å². The maximum absolute atomic E-state index is 13.0. The monoisotopic (exact) mass is 602 g/mol. The van der Waals surface area contributed by atoms with Crippen molar-refractivity contribution in [3.8, 4) is 5.75 Å².